The van der Waals surface area contributed by atoms with Crippen molar-refractivity contribution >= 4 is 20.3 Å². The van der Waals surface area contributed by atoms with Gasteiger partial charge in [-0.1, -0.05) is 51.1 Å². The van der Waals surface area contributed by atoms with Crippen molar-refractivity contribution in [2.75, 3.05) is 7.11 Å². The van der Waals surface area contributed by atoms with Crippen molar-refractivity contribution in [1.29, 1.82) is 0 Å². The van der Waals surface area contributed by atoms with E-state index in [0.717, 1.165) is 23.7 Å². The number of carbonyl (C=O) groups excluding carboxylic acids is 2. The van der Waals surface area contributed by atoms with E-state index in [2.05, 4.69) is 20.8 Å². The molecule has 0 N–H and O–H groups in total. The van der Waals surface area contributed by atoms with E-state index in [1.54, 1.807) is 0 Å². The Morgan fingerprint density at radius 3 is 2.17 bits per heavy atom. The van der Waals surface area contributed by atoms with E-state index in [9.17, 15) is 9.59 Å². The van der Waals surface area contributed by atoms with E-state index in [1.807, 2.05) is 30.3 Å². The van der Waals surface area contributed by atoms with Crippen LogP contribution in [0.5, 0.6) is 0 Å². The maximum absolute atomic E-state index is 12.5. The van der Waals surface area contributed by atoms with Crippen LogP contribution in [0.25, 0.3) is 0 Å². The van der Waals surface area contributed by atoms with E-state index >= 15 is 0 Å². The summed E-state index contributed by atoms with van der Waals surface area (Å²) in [7, 11) is -0.654. The second kappa shape index (κ2) is 7.27. The smallest absolute Gasteiger partial charge is 0.417 e. The standard InChI is InChI=1S/C17H25NO4Si/c1-5-23(6-2,7-3)22-15-14(13-11-9-8-10-12-13)18(16(15)19)17(20)21-4/h8-12,14-15H,5-7H2,1-4H3. The van der Waals surface area contributed by atoms with Gasteiger partial charge in [-0.25, -0.2) is 9.69 Å². The van der Waals surface area contributed by atoms with Crippen LogP contribution in [0, 0.1) is 0 Å². The van der Waals surface area contributed by atoms with Gasteiger partial charge in [0.2, 0.25) is 0 Å². The van der Waals surface area contributed by atoms with Gasteiger partial charge in [0, 0.05) is 0 Å². The molecule has 0 spiro atoms. The number of methoxy groups -OCH3 is 1. The lowest BCUT2D eigenvalue weighted by Crippen LogP contribution is -2.64. The fourth-order valence-electron chi connectivity index (χ4n) is 3.12. The average molecular weight is 335 g/mol. The van der Waals surface area contributed by atoms with Crippen molar-refractivity contribution < 1.29 is 18.8 Å². The number of ether oxygens (including phenoxy) is 1. The summed E-state index contributed by atoms with van der Waals surface area (Å²) in [5.41, 5.74) is 0.897. The van der Waals surface area contributed by atoms with Crippen LogP contribution in [-0.2, 0) is 14.0 Å². The summed E-state index contributed by atoms with van der Waals surface area (Å²) in [5, 5.41) is 0. The number of likely N-dealkylation sites (tertiary alicyclic amines) is 1. The van der Waals surface area contributed by atoms with Crippen molar-refractivity contribution in [2.24, 2.45) is 0 Å². The molecular formula is C17H25NO4Si. The second-order valence-corrected chi connectivity index (χ2v) is 10.5. The summed E-state index contributed by atoms with van der Waals surface area (Å²) in [5.74, 6) is -0.294. The zero-order valence-corrected chi connectivity index (χ0v) is 15.2. The zero-order chi connectivity index (χ0) is 17.0. The number of rotatable bonds is 6. The largest absolute Gasteiger partial charge is 0.452 e. The van der Waals surface area contributed by atoms with Crippen molar-refractivity contribution in [3.05, 3.63) is 35.9 Å². The molecule has 1 saturated heterocycles. The van der Waals surface area contributed by atoms with Crippen molar-refractivity contribution in [3.63, 3.8) is 0 Å². The predicted octanol–water partition coefficient (Wildman–Crippen LogP) is 3.73. The van der Waals surface area contributed by atoms with Crippen LogP contribution in [0.3, 0.4) is 0 Å². The lowest BCUT2D eigenvalue weighted by atomic mass is 9.91. The molecule has 0 bridgehead atoms. The number of benzene rings is 1. The minimum absolute atomic E-state index is 0.294. The summed E-state index contributed by atoms with van der Waals surface area (Å²) in [6, 6.07) is 12.0. The highest BCUT2D eigenvalue weighted by atomic mass is 28.4. The molecule has 1 aromatic rings. The Bertz CT molecular complexity index is 551. The van der Waals surface area contributed by atoms with Gasteiger partial charge in [-0.15, -0.1) is 0 Å². The first kappa shape index (κ1) is 17.7. The Kier molecular flexibility index (Phi) is 5.59. The molecule has 2 unspecified atom stereocenters. The van der Waals surface area contributed by atoms with E-state index in [-0.39, 0.29) is 5.91 Å². The first-order chi connectivity index (χ1) is 11.0. The van der Waals surface area contributed by atoms with Gasteiger partial charge in [0.25, 0.3) is 5.91 Å². The number of imide groups is 1. The lowest BCUT2D eigenvalue weighted by molar-refractivity contribution is -0.160. The molecule has 0 aliphatic carbocycles. The summed E-state index contributed by atoms with van der Waals surface area (Å²) < 4.78 is 11.1. The van der Waals surface area contributed by atoms with Crippen LogP contribution < -0.4 is 0 Å². The van der Waals surface area contributed by atoms with Gasteiger partial charge in [-0.3, -0.25) is 4.79 Å². The van der Waals surface area contributed by atoms with Crippen molar-refractivity contribution in [2.45, 2.75) is 51.0 Å². The zero-order valence-electron chi connectivity index (χ0n) is 14.2. The Labute approximate surface area is 138 Å². The molecule has 0 radical (unpaired) electrons. The molecule has 1 heterocycles. The van der Waals surface area contributed by atoms with Gasteiger partial charge in [0.1, 0.15) is 6.04 Å². The van der Waals surface area contributed by atoms with E-state index < -0.39 is 26.6 Å². The van der Waals surface area contributed by atoms with Gasteiger partial charge in [0.15, 0.2) is 14.4 Å². The molecule has 1 aliphatic rings. The molecular weight excluding hydrogens is 310 g/mol. The Morgan fingerprint density at radius 1 is 1.13 bits per heavy atom. The lowest BCUT2D eigenvalue weighted by Gasteiger charge is -2.47. The van der Waals surface area contributed by atoms with E-state index in [1.165, 1.54) is 12.0 Å². The SMILES string of the molecule is CC[Si](CC)(CC)OC1C(=O)N(C(=O)OC)C1c1ccccc1. The van der Waals surface area contributed by atoms with Crippen LogP contribution in [0.2, 0.25) is 18.1 Å². The molecule has 1 aromatic carbocycles. The minimum atomic E-state index is -1.94. The Morgan fingerprint density at radius 2 is 1.70 bits per heavy atom. The summed E-state index contributed by atoms with van der Waals surface area (Å²) in [6.45, 7) is 6.37. The average Bonchev–Trinajstić information content (AvgIpc) is 2.61. The van der Waals surface area contributed by atoms with Gasteiger partial charge >= 0.3 is 6.09 Å². The van der Waals surface area contributed by atoms with Gasteiger partial charge in [-0.2, -0.15) is 0 Å². The van der Waals surface area contributed by atoms with Crippen LogP contribution >= 0.6 is 0 Å². The molecule has 1 aliphatic heterocycles. The van der Waals surface area contributed by atoms with Gasteiger partial charge in [0.05, 0.1) is 7.11 Å². The van der Waals surface area contributed by atoms with Crippen molar-refractivity contribution in [1.82, 2.24) is 4.90 Å². The number of hydrogen-bond acceptors (Lipinski definition) is 4. The normalized spacial score (nSPS) is 21.0. The number of carbonyl (C=O) groups is 2. The highest BCUT2D eigenvalue weighted by Gasteiger charge is 2.55. The van der Waals surface area contributed by atoms with Crippen molar-refractivity contribution in [3.8, 4) is 0 Å². The highest BCUT2D eigenvalue weighted by molar-refractivity contribution is 6.73. The molecule has 126 valence electrons. The third kappa shape index (κ3) is 3.18. The van der Waals surface area contributed by atoms with E-state index in [4.69, 9.17) is 9.16 Å². The van der Waals surface area contributed by atoms with Crippen LogP contribution in [0.15, 0.2) is 30.3 Å². The monoisotopic (exact) mass is 335 g/mol. The van der Waals surface area contributed by atoms with Gasteiger partial charge in [-0.05, 0) is 23.7 Å². The molecule has 2 amide bonds. The molecule has 23 heavy (non-hydrogen) atoms. The molecule has 0 saturated carbocycles. The third-order valence-electron chi connectivity index (χ3n) is 4.87. The number of nitrogens with zero attached hydrogens (tertiary/aromatic N) is 1. The minimum Gasteiger partial charge on any atom is -0.452 e. The van der Waals surface area contributed by atoms with Crippen LogP contribution in [0.4, 0.5) is 4.79 Å². The van der Waals surface area contributed by atoms with Gasteiger partial charge < -0.3 is 9.16 Å². The maximum atomic E-state index is 12.5. The van der Waals surface area contributed by atoms with E-state index in [0.29, 0.717) is 0 Å². The number of β-lactam (4-membered cyclic amide) rings is 1. The molecule has 2 rings (SSSR count). The first-order valence-corrected chi connectivity index (χ1v) is 10.7. The first-order valence-electron chi connectivity index (χ1n) is 8.17. The fraction of sp³-hybridized carbons (Fsp3) is 0.529. The second-order valence-electron chi connectivity index (χ2n) is 5.82. The molecule has 2 atom stereocenters. The maximum Gasteiger partial charge on any atom is 0.417 e. The molecule has 5 nitrogen and oxygen atoms in total. The third-order valence-corrected chi connectivity index (χ3v) is 9.49. The Hall–Kier alpha value is -1.66. The number of amides is 2. The quantitative estimate of drug-likeness (QED) is 0.587. The Balaban J connectivity index is 2.31. The molecule has 6 heteroatoms. The van der Waals surface area contributed by atoms with Crippen LogP contribution in [-0.4, -0.2) is 38.4 Å². The molecule has 0 aromatic heterocycles. The molecule has 1 fully saturated rings. The highest BCUT2D eigenvalue weighted by Crippen LogP contribution is 2.40. The summed E-state index contributed by atoms with van der Waals surface area (Å²) in [6.07, 6.45) is -1.21. The topological polar surface area (TPSA) is 55.8 Å². The fourth-order valence-corrected chi connectivity index (χ4v) is 5.89. The predicted molar refractivity (Wildman–Crippen MR) is 90.5 cm³/mol. The summed E-state index contributed by atoms with van der Waals surface area (Å²) in [4.78, 5) is 25.6. The number of hydrogen-bond donors (Lipinski definition) is 0. The summed E-state index contributed by atoms with van der Waals surface area (Å²) >= 11 is 0. The van der Waals surface area contributed by atoms with Crippen LogP contribution in [0.1, 0.15) is 32.4 Å².